The molecule has 1 amide bonds. The quantitative estimate of drug-likeness (QED) is 0.494. The van der Waals surface area contributed by atoms with Crippen LogP contribution < -0.4 is 14.8 Å². The second-order valence-corrected chi connectivity index (χ2v) is 6.43. The van der Waals surface area contributed by atoms with Crippen LogP contribution >= 0.6 is 0 Å². The number of unbranched alkanes of at least 4 members (excludes halogenated alkanes) is 5. The summed E-state index contributed by atoms with van der Waals surface area (Å²) in [6.07, 6.45) is 7.40. The Morgan fingerprint density at radius 1 is 0.852 bits per heavy atom. The van der Waals surface area contributed by atoms with Crippen LogP contribution in [-0.4, -0.2) is 19.1 Å². The van der Waals surface area contributed by atoms with Crippen molar-refractivity contribution in [2.45, 2.75) is 45.4 Å². The topological polar surface area (TPSA) is 47.6 Å². The molecule has 0 unspecified atom stereocenters. The summed E-state index contributed by atoms with van der Waals surface area (Å²) in [6.45, 7) is 2.82. The minimum Gasteiger partial charge on any atom is -0.494 e. The van der Waals surface area contributed by atoms with E-state index in [0.29, 0.717) is 18.0 Å². The predicted molar refractivity (Wildman–Crippen MR) is 106 cm³/mol. The molecule has 27 heavy (non-hydrogen) atoms. The number of anilines is 1. The Balaban J connectivity index is 1.63. The van der Waals surface area contributed by atoms with E-state index in [9.17, 15) is 9.18 Å². The number of benzene rings is 2. The van der Waals surface area contributed by atoms with Crippen LogP contribution in [0.2, 0.25) is 0 Å². The molecule has 0 aromatic heterocycles. The lowest BCUT2D eigenvalue weighted by molar-refractivity contribution is -0.118. The highest BCUT2D eigenvalue weighted by atomic mass is 19.1. The molecule has 0 atom stereocenters. The molecule has 0 aliphatic heterocycles. The molecule has 0 aliphatic rings. The zero-order valence-corrected chi connectivity index (χ0v) is 15.9. The van der Waals surface area contributed by atoms with Crippen LogP contribution in [0.15, 0.2) is 48.5 Å². The van der Waals surface area contributed by atoms with E-state index in [4.69, 9.17) is 9.47 Å². The van der Waals surface area contributed by atoms with Crippen molar-refractivity contribution < 1.29 is 18.7 Å². The lowest BCUT2D eigenvalue weighted by atomic mass is 10.1. The maximum atomic E-state index is 12.8. The fourth-order valence-electron chi connectivity index (χ4n) is 2.58. The molecule has 5 heteroatoms. The van der Waals surface area contributed by atoms with Crippen molar-refractivity contribution in [2.24, 2.45) is 0 Å². The standard InChI is InChI=1S/C22H28FNO3/c1-2-3-4-5-6-7-16-26-20-12-14-21(15-13-20)27-17-22(25)24-19-10-8-18(23)9-11-19/h8-15H,2-7,16-17H2,1H3,(H,24,25). The van der Waals surface area contributed by atoms with Gasteiger partial charge >= 0.3 is 0 Å². The van der Waals surface area contributed by atoms with Gasteiger partial charge in [0, 0.05) is 5.69 Å². The fraction of sp³-hybridized carbons (Fsp3) is 0.409. The summed E-state index contributed by atoms with van der Waals surface area (Å²) in [5, 5.41) is 2.65. The Hall–Kier alpha value is -2.56. The number of carbonyl (C=O) groups is 1. The van der Waals surface area contributed by atoms with E-state index >= 15 is 0 Å². The molecule has 0 heterocycles. The van der Waals surface area contributed by atoms with E-state index < -0.39 is 0 Å². The Morgan fingerprint density at radius 3 is 2.11 bits per heavy atom. The highest BCUT2D eigenvalue weighted by Gasteiger charge is 2.04. The highest BCUT2D eigenvalue weighted by Crippen LogP contribution is 2.18. The van der Waals surface area contributed by atoms with Gasteiger partial charge in [0.2, 0.25) is 0 Å². The Bertz CT molecular complexity index is 671. The molecular weight excluding hydrogens is 345 g/mol. The van der Waals surface area contributed by atoms with Gasteiger partial charge in [-0.25, -0.2) is 4.39 Å². The van der Waals surface area contributed by atoms with E-state index in [0.717, 1.165) is 12.2 Å². The number of ether oxygens (including phenoxy) is 2. The first-order valence-corrected chi connectivity index (χ1v) is 9.58. The zero-order chi connectivity index (χ0) is 19.3. The second-order valence-electron chi connectivity index (χ2n) is 6.43. The lowest BCUT2D eigenvalue weighted by Crippen LogP contribution is -2.20. The van der Waals surface area contributed by atoms with E-state index in [1.54, 1.807) is 12.1 Å². The Kier molecular flexibility index (Phi) is 9.18. The van der Waals surface area contributed by atoms with Crippen LogP contribution in [0.1, 0.15) is 45.4 Å². The molecular formula is C22H28FNO3. The summed E-state index contributed by atoms with van der Waals surface area (Å²) >= 11 is 0. The molecule has 4 nitrogen and oxygen atoms in total. The lowest BCUT2D eigenvalue weighted by Gasteiger charge is -2.09. The maximum Gasteiger partial charge on any atom is 0.262 e. The number of hydrogen-bond donors (Lipinski definition) is 1. The highest BCUT2D eigenvalue weighted by molar-refractivity contribution is 5.91. The third-order valence-corrected chi connectivity index (χ3v) is 4.09. The molecule has 2 aromatic carbocycles. The third-order valence-electron chi connectivity index (χ3n) is 4.09. The van der Waals surface area contributed by atoms with Crippen molar-refractivity contribution >= 4 is 11.6 Å². The number of carbonyl (C=O) groups excluding carboxylic acids is 1. The van der Waals surface area contributed by atoms with Crippen LogP contribution in [0.5, 0.6) is 11.5 Å². The molecule has 0 bridgehead atoms. The molecule has 2 aromatic rings. The summed E-state index contributed by atoms with van der Waals surface area (Å²) in [6, 6.07) is 12.8. The van der Waals surface area contributed by atoms with Crippen molar-refractivity contribution in [1.82, 2.24) is 0 Å². The van der Waals surface area contributed by atoms with Gasteiger partial charge in [-0.05, 0) is 55.0 Å². The summed E-state index contributed by atoms with van der Waals surface area (Å²) in [5.41, 5.74) is 0.531. The van der Waals surface area contributed by atoms with Crippen molar-refractivity contribution in [2.75, 3.05) is 18.5 Å². The average Bonchev–Trinajstić information content (AvgIpc) is 2.68. The fourth-order valence-corrected chi connectivity index (χ4v) is 2.58. The normalized spacial score (nSPS) is 10.4. The molecule has 0 radical (unpaired) electrons. The van der Waals surface area contributed by atoms with Crippen LogP contribution in [0.25, 0.3) is 0 Å². The van der Waals surface area contributed by atoms with E-state index in [-0.39, 0.29) is 18.3 Å². The van der Waals surface area contributed by atoms with Crippen molar-refractivity contribution in [3.8, 4) is 11.5 Å². The molecule has 0 spiro atoms. The minimum atomic E-state index is -0.344. The Morgan fingerprint density at radius 2 is 1.44 bits per heavy atom. The van der Waals surface area contributed by atoms with E-state index in [1.807, 2.05) is 12.1 Å². The summed E-state index contributed by atoms with van der Waals surface area (Å²) in [4.78, 5) is 11.9. The van der Waals surface area contributed by atoms with E-state index in [1.165, 1.54) is 56.4 Å². The largest absolute Gasteiger partial charge is 0.494 e. The summed E-state index contributed by atoms with van der Waals surface area (Å²) < 4.78 is 24.0. The monoisotopic (exact) mass is 373 g/mol. The van der Waals surface area contributed by atoms with Crippen molar-refractivity contribution in [3.63, 3.8) is 0 Å². The Labute approximate surface area is 160 Å². The molecule has 146 valence electrons. The van der Waals surface area contributed by atoms with Crippen LogP contribution in [0, 0.1) is 5.82 Å². The van der Waals surface area contributed by atoms with Gasteiger partial charge < -0.3 is 14.8 Å². The molecule has 0 fully saturated rings. The first-order chi connectivity index (χ1) is 13.2. The van der Waals surface area contributed by atoms with Gasteiger partial charge in [0.05, 0.1) is 6.61 Å². The smallest absolute Gasteiger partial charge is 0.262 e. The maximum absolute atomic E-state index is 12.8. The van der Waals surface area contributed by atoms with Crippen molar-refractivity contribution in [3.05, 3.63) is 54.3 Å². The number of hydrogen-bond acceptors (Lipinski definition) is 3. The van der Waals surface area contributed by atoms with Gasteiger partial charge in [-0.15, -0.1) is 0 Å². The third kappa shape index (κ3) is 8.58. The summed E-state index contributed by atoms with van der Waals surface area (Å²) in [7, 11) is 0. The van der Waals surface area contributed by atoms with Crippen LogP contribution in [-0.2, 0) is 4.79 Å². The molecule has 0 saturated heterocycles. The molecule has 2 rings (SSSR count). The van der Waals surface area contributed by atoms with Crippen molar-refractivity contribution in [1.29, 1.82) is 0 Å². The van der Waals surface area contributed by atoms with Gasteiger partial charge in [-0.1, -0.05) is 39.0 Å². The van der Waals surface area contributed by atoms with Crippen LogP contribution in [0.4, 0.5) is 10.1 Å². The van der Waals surface area contributed by atoms with Gasteiger partial charge in [0.1, 0.15) is 17.3 Å². The van der Waals surface area contributed by atoms with Gasteiger partial charge in [0.25, 0.3) is 5.91 Å². The van der Waals surface area contributed by atoms with Gasteiger partial charge in [0.15, 0.2) is 6.61 Å². The van der Waals surface area contributed by atoms with Gasteiger partial charge in [-0.3, -0.25) is 4.79 Å². The first-order valence-electron chi connectivity index (χ1n) is 9.58. The van der Waals surface area contributed by atoms with E-state index in [2.05, 4.69) is 12.2 Å². The first kappa shape index (κ1) is 20.7. The zero-order valence-electron chi connectivity index (χ0n) is 15.9. The molecule has 1 N–H and O–H groups in total. The number of halogens is 1. The van der Waals surface area contributed by atoms with Gasteiger partial charge in [-0.2, -0.15) is 0 Å². The molecule has 0 aliphatic carbocycles. The number of amides is 1. The predicted octanol–water partition coefficient (Wildman–Crippen LogP) is 5.58. The van der Waals surface area contributed by atoms with Crippen LogP contribution in [0.3, 0.4) is 0 Å². The average molecular weight is 373 g/mol. The number of nitrogens with one attached hydrogen (secondary N) is 1. The molecule has 0 saturated carbocycles. The second kappa shape index (κ2) is 11.9. The number of rotatable bonds is 12. The summed E-state index contributed by atoms with van der Waals surface area (Å²) in [5.74, 6) is 0.746. The minimum absolute atomic E-state index is 0.116. The SMILES string of the molecule is CCCCCCCCOc1ccc(OCC(=O)Nc2ccc(F)cc2)cc1.